The van der Waals surface area contributed by atoms with Gasteiger partial charge in [-0.2, -0.15) is 13.2 Å². The molecule has 0 radical (unpaired) electrons. The molecule has 1 aromatic heterocycles. The Kier molecular flexibility index (Phi) is 3.25. The number of hydrogen-bond acceptors (Lipinski definition) is 2. The smallest absolute Gasteiger partial charge is 0.330 e. The summed E-state index contributed by atoms with van der Waals surface area (Å²) in [6.45, 7) is 0. The SMILES string of the molecule is O=Cc1nc(-c2ccccc2C(F)(F)F)c(Br)[nH]1. The quantitative estimate of drug-likeness (QED) is 0.859. The van der Waals surface area contributed by atoms with E-state index in [1.54, 1.807) is 0 Å². The van der Waals surface area contributed by atoms with Crippen molar-refractivity contribution >= 4 is 22.2 Å². The zero-order chi connectivity index (χ0) is 13.3. The fourth-order valence-electron chi connectivity index (χ4n) is 1.54. The molecule has 0 fully saturated rings. The molecule has 2 rings (SSSR count). The summed E-state index contributed by atoms with van der Waals surface area (Å²) in [5.41, 5.74) is -0.819. The van der Waals surface area contributed by atoms with E-state index in [4.69, 9.17) is 0 Å². The van der Waals surface area contributed by atoms with Crippen molar-refractivity contribution in [1.29, 1.82) is 0 Å². The maximum atomic E-state index is 12.8. The minimum absolute atomic E-state index is 0.0335. The van der Waals surface area contributed by atoms with Gasteiger partial charge in [-0.05, 0) is 22.0 Å². The Labute approximate surface area is 108 Å². The van der Waals surface area contributed by atoms with Crippen molar-refractivity contribution in [3.63, 3.8) is 0 Å². The molecule has 1 heterocycles. The number of hydrogen-bond donors (Lipinski definition) is 1. The van der Waals surface area contributed by atoms with Crippen LogP contribution in [-0.2, 0) is 6.18 Å². The predicted octanol–water partition coefficient (Wildman–Crippen LogP) is 3.67. The number of H-pyrrole nitrogens is 1. The average molecular weight is 319 g/mol. The molecule has 0 saturated heterocycles. The van der Waals surface area contributed by atoms with Crippen molar-refractivity contribution < 1.29 is 18.0 Å². The number of imidazole rings is 1. The van der Waals surface area contributed by atoms with Crippen molar-refractivity contribution in [2.75, 3.05) is 0 Å². The highest BCUT2D eigenvalue weighted by molar-refractivity contribution is 9.10. The van der Waals surface area contributed by atoms with E-state index < -0.39 is 11.7 Å². The lowest BCUT2D eigenvalue weighted by atomic mass is 10.1. The number of benzene rings is 1. The van der Waals surface area contributed by atoms with Gasteiger partial charge in [-0.1, -0.05) is 18.2 Å². The van der Waals surface area contributed by atoms with Crippen LogP contribution in [0.2, 0.25) is 0 Å². The standard InChI is InChI=1S/C11H6BrF3N2O/c12-10-9(16-8(5-18)17-10)6-3-1-2-4-7(6)11(13,14)15/h1-5H,(H,16,17). The number of carbonyl (C=O) groups is 1. The Morgan fingerprint density at radius 1 is 1.28 bits per heavy atom. The van der Waals surface area contributed by atoms with E-state index >= 15 is 0 Å². The third-order valence-corrected chi connectivity index (χ3v) is 2.85. The molecule has 0 aliphatic carbocycles. The predicted molar refractivity (Wildman–Crippen MR) is 62.1 cm³/mol. The molecule has 3 nitrogen and oxygen atoms in total. The van der Waals surface area contributed by atoms with Gasteiger partial charge >= 0.3 is 6.18 Å². The van der Waals surface area contributed by atoms with E-state index in [2.05, 4.69) is 25.9 Å². The van der Waals surface area contributed by atoms with Crippen LogP contribution >= 0.6 is 15.9 Å². The molecule has 7 heteroatoms. The molecule has 0 aliphatic heterocycles. The van der Waals surface area contributed by atoms with E-state index in [-0.39, 0.29) is 21.7 Å². The summed E-state index contributed by atoms with van der Waals surface area (Å²) < 4.78 is 38.7. The number of carbonyl (C=O) groups excluding carboxylic acids is 1. The molecular weight excluding hydrogens is 313 g/mol. The maximum absolute atomic E-state index is 12.8. The van der Waals surface area contributed by atoms with Crippen LogP contribution in [0.25, 0.3) is 11.3 Å². The molecule has 0 aliphatic rings. The van der Waals surface area contributed by atoms with Gasteiger partial charge in [0.1, 0.15) is 10.3 Å². The third kappa shape index (κ3) is 2.31. The van der Waals surface area contributed by atoms with E-state index in [1.807, 2.05) is 0 Å². The second-order valence-corrected chi connectivity index (χ2v) is 4.24. The number of alkyl halides is 3. The minimum atomic E-state index is -4.48. The van der Waals surface area contributed by atoms with Crippen LogP contribution in [0.1, 0.15) is 16.2 Å². The maximum Gasteiger partial charge on any atom is 0.417 e. The highest BCUT2D eigenvalue weighted by atomic mass is 79.9. The molecular formula is C11H6BrF3N2O. The molecule has 0 unspecified atom stereocenters. The first-order chi connectivity index (χ1) is 8.43. The lowest BCUT2D eigenvalue weighted by molar-refractivity contribution is -0.137. The number of aldehydes is 1. The Bertz CT molecular complexity index is 592. The lowest BCUT2D eigenvalue weighted by Crippen LogP contribution is -2.07. The van der Waals surface area contributed by atoms with Gasteiger partial charge in [-0.25, -0.2) is 4.98 Å². The van der Waals surface area contributed by atoms with Gasteiger partial charge in [0.05, 0.1) is 5.56 Å². The first-order valence-electron chi connectivity index (χ1n) is 4.80. The van der Waals surface area contributed by atoms with Crippen LogP contribution in [0.15, 0.2) is 28.9 Å². The van der Waals surface area contributed by atoms with Crippen LogP contribution in [0.3, 0.4) is 0 Å². The van der Waals surface area contributed by atoms with Gasteiger partial charge < -0.3 is 4.98 Å². The fraction of sp³-hybridized carbons (Fsp3) is 0.0909. The van der Waals surface area contributed by atoms with E-state index in [9.17, 15) is 18.0 Å². The summed E-state index contributed by atoms with van der Waals surface area (Å²) in [6.07, 6.45) is -4.04. The van der Waals surface area contributed by atoms with Crippen LogP contribution in [0.5, 0.6) is 0 Å². The van der Waals surface area contributed by atoms with Crippen molar-refractivity contribution in [2.45, 2.75) is 6.18 Å². The summed E-state index contributed by atoms with van der Waals surface area (Å²) in [6, 6.07) is 5.05. The average Bonchev–Trinajstić information content (AvgIpc) is 2.69. The third-order valence-electron chi connectivity index (χ3n) is 2.28. The molecule has 1 N–H and O–H groups in total. The van der Waals surface area contributed by atoms with Gasteiger partial charge in [0.2, 0.25) is 0 Å². The van der Waals surface area contributed by atoms with E-state index in [0.717, 1.165) is 6.07 Å². The van der Waals surface area contributed by atoms with Gasteiger partial charge in [0.25, 0.3) is 0 Å². The molecule has 2 aromatic rings. The van der Waals surface area contributed by atoms with Crippen LogP contribution in [0, 0.1) is 0 Å². The first kappa shape index (κ1) is 12.8. The number of nitrogens with one attached hydrogen (secondary N) is 1. The summed E-state index contributed by atoms with van der Waals surface area (Å²) in [4.78, 5) is 16.9. The normalized spacial score (nSPS) is 11.6. The number of aromatic amines is 1. The van der Waals surface area contributed by atoms with Gasteiger partial charge in [0, 0.05) is 5.56 Å². The minimum Gasteiger partial charge on any atom is -0.330 e. The van der Waals surface area contributed by atoms with Gasteiger partial charge in [0.15, 0.2) is 12.1 Å². The second-order valence-electron chi connectivity index (χ2n) is 3.45. The highest BCUT2D eigenvalue weighted by Crippen LogP contribution is 2.38. The molecule has 18 heavy (non-hydrogen) atoms. The van der Waals surface area contributed by atoms with Crippen LogP contribution < -0.4 is 0 Å². The van der Waals surface area contributed by atoms with Crippen LogP contribution in [-0.4, -0.2) is 16.3 Å². The van der Waals surface area contributed by atoms with Crippen LogP contribution in [0.4, 0.5) is 13.2 Å². The Balaban J connectivity index is 2.64. The monoisotopic (exact) mass is 318 g/mol. The number of aromatic nitrogens is 2. The molecule has 1 aromatic carbocycles. The number of nitrogens with zero attached hydrogens (tertiary/aromatic N) is 1. The van der Waals surface area contributed by atoms with Gasteiger partial charge in [-0.15, -0.1) is 0 Å². The second kappa shape index (κ2) is 4.56. The van der Waals surface area contributed by atoms with Crippen molar-refractivity contribution in [3.8, 4) is 11.3 Å². The highest BCUT2D eigenvalue weighted by Gasteiger charge is 2.34. The summed E-state index contributed by atoms with van der Waals surface area (Å²) in [7, 11) is 0. The molecule has 0 bridgehead atoms. The Hall–Kier alpha value is -1.63. The van der Waals surface area contributed by atoms with E-state index in [1.165, 1.54) is 18.2 Å². The summed E-state index contributed by atoms with van der Waals surface area (Å²) in [5, 5.41) is 0. The Morgan fingerprint density at radius 3 is 2.50 bits per heavy atom. The molecule has 0 spiro atoms. The zero-order valence-electron chi connectivity index (χ0n) is 8.75. The largest absolute Gasteiger partial charge is 0.417 e. The number of halogens is 4. The summed E-state index contributed by atoms with van der Waals surface area (Å²) in [5.74, 6) is -0.0335. The van der Waals surface area contributed by atoms with Gasteiger partial charge in [-0.3, -0.25) is 4.79 Å². The van der Waals surface area contributed by atoms with E-state index in [0.29, 0.717) is 6.29 Å². The molecule has 0 amide bonds. The lowest BCUT2D eigenvalue weighted by Gasteiger charge is -2.11. The first-order valence-corrected chi connectivity index (χ1v) is 5.60. The fourth-order valence-corrected chi connectivity index (χ4v) is 2.05. The molecule has 0 atom stereocenters. The van der Waals surface area contributed by atoms with Crippen molar-refractivity contribution in [3.05, 3.63) is 40.3 Å². The zero-order valence-corrected chi connectivity index (χ0v) is 10.3. The Morgan fingerprint density at radius 2 is 1.94 bits per heavy atom. The summed E-state index contributed by atoms with van der Waals surface area (Å²) >= 11 is 3.05. The molecule has 94 valence electrons. The molecule has 0 saturated carbocycles. The van der Waals surface area contributed by atoms with Crippen molar-refractivity contribution in [1.82, 2.24) is 9.97 Å². The number of rotatable bonds is 2. The van der Waals surface area contributed by atoms with Crippen molar-refractivity contribution in [2.24, 2.45) is 0 Å². The topological polar surface area (TPSA) is 45.8 Å².